The smallest absolute Gasteiger partial charge is 0.0631 e. The number of nitrogens with one attached hydrogen (secondary N) is 1. The first-order valence-corrected chi connectivity index (χ1v) is 7.15. The Kier molecular flexibility index (Phi) is 6.97. The van der Waals surface area contributed by atoms with Gasteiger partial charge >= 0.3 is 0 Å². The second-order valence-electron chi connectivity index (χ2n) is 4.14. The van der Waals surface area contributed by atoms with Crippen LogP contribution >= 0.6 is 23.4 Å². The molecule has 0 aliphatic heterocycles. The molecule has 0 saturated carbocycles. The lowest BCUT2D eigenvalue weighted by atomic mass is 10.3. The summed E-state index contributed by atoms with van der Waals surface area (Å²) >= 11 is 7.74. The quantitative estimate of drug-likeness (QED) is 0.769. The molecule has 0 aromatic heterocycles. The van der Waals surface area contributed by atoms with Crippen molar-refractivity contribution < 1.29 is 4.74 Å². The van der Waals surface area contributed by atoms with Gasteiger partial charge in [-0.15, -0.1) is 11.8 Å². The molecule has 1 aromatic rings. The zero-order valence-corrected chi connectivity index (χ0v) is 12.1. The van der Waals surface area contributed by atoms with Crippen LogP contribution in [0.1, 0.15) is 13.8 Å². The molecule has 0 bridgehead atoms. The van der Waals surface area contributed by atoms with Crippen LogP contribution in [0, 0.1) is 0 Å². The summed E-state index contributed by atoms with van der Waals surface area (Å²) in [4.78, 5) is 1.20. The van der Waals surface area contributed by atoms with Crippen molar-refractivity contribution in [3.8, 4) is 0 Å². The van der Waals surface area contributed by atoms with Crippen molar-refractivity contribution in [2.24, 2.45) is 0 Å². The molecule has 0 aliphatic rings. The van der Waals surface area contributed by atoms with E-state index in [1.807, 2.05) is 25.2 Å². The minimum absolute atomic E-state index is 0.280. The lowest BCUT2D eigenvalue weighted by Gasteiger charge is -2.17. The molecule has 17 heavy (non-hydrogen) atoms. The fourth-order valence-electron chi connectivity index (χ4n) is 1.28. The lowest BCUT2D eigenvalue weighted by Crippen LogP contribution is -2.33. The zero-order valence-electron chi connectivity index (χ0n) is 10.6. The Morgan fingerprint density at radius 3 is 2.76 bits per heavy atom. The molecule has 4 heteroatoms. The highest BCUT2D eigenvalue weighted by Gasteiger charge is 2.08. The van der Waals surface area contributed by atoms with Crippen LogP contribution in [0.3, 0.4) is 0 Å². The highest BCUT2D eigenvalue weighted by Crippen LogP contribution is 2.22. The topological polar surface area (TPSA) is 21.3 Å². The summed E-state index contributed by atoms with van der Waals surface area (Å²) in [6, 6.07) is 8.29. The van der Waals surface area contributed by atoms with Crippen molar-refractivity contribution in [2.75, 3.05) is 19.4 Å². The number of ether oxygens (including phenoxy) is 1. The summed E-state index contributed by atoms with van der Waals surface area (Å²) < 4.78 is 5.61. The fourth-order valence-corrected chi connectivity index (χ4v) is 2.57. The van der Waals surface area contributed by atoms with Gasteiger partial charge in [0.05, 0.1) is 12.7 Å². The van der Waals surface area contributed by atoms with Crippen molar-refractivity contribution in [1.82, 2.24) is 5.32 Å². The molecule has 0 saturated heterocycles. The number of thioether (sulfide) groups is 1. The van der Waals surface area contributed by atoms with Gasteiger partial charge in [0.2, 0.25) is 0 Å². The number of likely N-dealkylation sites (N-methyl/N-ethyl adjacent to an activating group) is 1. The van der Waals surface area contributed by atoms with E-state index in [0.29, 0.717) is 6.04 Å². The maximum Gasteiger partial charge on any atom is 0.0631 e. The van der Waals surface area contributed by atoms with Crippen molar-refractivity contribution in [3.05, 3.63) is 29.3 Å². The fraction of sp³-hybridized carbons (Fsp3) is 0.538. The number of benzene rings is 1. The van der Waals surface area contributed by atoms with Crippen molar-refractivity contribution in [1.29, 1.82) is 0 Å². The molecule has 1 N–H and O–H groups in total. The molecule has 0 aliphatic carbocycles. The highest BCUT2D eigenvalue weighted by molar-refractivity contribution is 7.99. The van der Waals surface area contributed by atoms with Crippen LogP contribution in [0.4, 0.5) is 0 Å². The van der Waals surface area contributed by atoms with Crippen LogP contribution in [-0.2, 0) is 4.74 Å². The first kappa shape index (κ1) is 14.8. The predicted octanol–water partition coefficient (Wildman–Crippen LogP) is 3.45. The molecule has 1 rings (SSSR count). The van der Waals surface area contributed by atoms with E-state index in [1.54, 1.807) is 11.8 Å². The molecule has 1 aromatic carbocycles. The van der Waals surface area contributed by atoms with Crippen molar-refractivity contribution in [3.63, 3.8) is 0 Å². The van der Waals surface area contributed by atoms with Crippen LogP contribution in [0.15, 0.2) is 29.2 Å². The van der Waals surface area contributed by atoms with Crippen LogP contribution in [0.25, 0.3) is 0 Å². The van der Waals surface area contributed by atoms with Gasteiger partial charge in [-0.1, -0.05) is 17.7 Å². The standard InChI is InChI=1S/C13H20ClNOS/c1-10(2)16-8-12(15-3)9-17-13-6-4-5-11(14)7-13/h4-7,10,12,15H,8-9H2,1-3H3. The largest absolute Gasteiger partial charge is 0.377 e. The van der Waals surface area contributed by atoms with Gasteiger partial charge in [0.1, 0.15) is 0 Å². The van der Waals surface area contributed by atoms with Crippen LogP contribution in [0.2, 0.25) is 5.02 Å². The third-order valence-electron chi connectivity index (χ3n) is 2.29. The Morgan fingerprint density at radius 1 is 1.41 bits per heavy atom. The van der Waals surface area contributed by atoms with Gasteiger partial charge in [0.15, 0.2) is 0 Å². The SMILES string of the molecule is CNC(COC(C)C)CSc1cccc(Cl)c1. The molecule has 96 valence electrons. The van der Waals surface area contributed by atoms with Gasteiger partial charge in [-0.25, -0.2) is 0 Å². The molecule has 0 radical (unpaired) electrons. The lowest BCUT2D eigenvalue weighted by molar-refractivity contribution is 0.0668. The van der Waals surface area contributed by atoms with Crippen LogP contribution in [0.5, 0.6) is 0 Å². The number of hydrogen-bond acceptors (Lipinski definition) is 3. The molecule has 0 heterocycles. The Balaban J connectivity index is 2.37. The maximum absolute atomic E-state index is 5.94. The third-order valence-corrected chi connectivity index (χ3v) is 3.68. The van der Waals surface area contributed by atoms with E-state index in [1.165, 1.54) is 4.90 Å². The molecule has 0 spiro atoms. The maximum atomic E-state index is 5.94. The van der Waals surface area contributed by atoms with Crippen LogP contribution < -0.4 is 5.32 Å². The minimum Gasteiger partial charge on any atom is -0.377 e. The third kappa shape index (κ3) is 6.32. The van der Waals surface area contributed by atoms with Gasteiger partial charge in [0, 0.05) is 21.7 Å². The summed E-state index contributed by atoms with van der Waals surface area (Å²) in [5.74, 6) is 0.976. The Bertz CT molecular complexity index is 333. The van der Waals surface area contributed by atoms with E-state index < -0.39 is 0 Å². The highest BCUT2D eigenvalue weighted by atomic mass is 35.5. The average Bonchev–Trinajstić information content (AvgIpc) is 2.29. The molecular formula is C13H20ClNOS. The van der Waals surface area contributed by atoms with E-state index in [2.05, 4.69) is 25.2 Å². The molecule has 2 nitrogen and oxygen atoms in total. The van der Waals surface area contributed by atoms with E-state index in [9.17, 15) is 0 Å². The van der Waals surface area contributed by atoms with Crippen molar-refractivity contribution >= 4 is 23.4 Å². The Morgan fingerprint density at radius 2 is 2.18 bits per heavy atom. The minimum atomic E-state index is 0.280. The first-order valence-electron chi connectivity index (χ1n) is 5.79. The summed E-state index contributed by atoms with van der Waals surface area (Å²) in [5, 5.41) is 4.05. The van der Waals surface area contributed by atoms with E-state index in [4.69, 9.17) is 16.3 Å². The summed E-state index contributed by atoms with van der Waals surface area (Å²) in [7, 11) is 1.97. The molecular weight excluding hydrogens is 254 g/mol. The normalized spacial score (nSPS) is 13.0. The summed E-state index contributed by atoms with van der Waals surface area (Å²) in [5.41, 5.74) is 0. The number of rotatable bonds is 7. The zero-order chi connectivity index (χ0) is 12.7. The first-order chi connectivity index (χ1) is 8.11. The van der Waals surface area contributed by atoms with E-state index in [0.717, 1.165) is 17.4 Å². The van der Waals surface area contributed by atoms with Gasteiger partial charge in [-0.05, 0) is 39.1 Å². The monoisotopic (exact) mass is 273 g/mol. The van der Waals surface area contributed by atoms with Gasteiger partial charge in [-0.2, -0.15) is 0 Å². The van der Waals surface area contributed by atoms with E-state index in [-0.39, 0.29) is 6.10 Å². The molecule has 1 atom stereocenters. The number of hydrogen-bond donors (Lipinski definition) is 1. The second-order valence-corrected chi connectivity index (χ2v) is 5.67. The Labute approximate surface area is 113 Å². The van der Waals surface area contributed by atoms with E-state index >= 15 is 0 Å². The predicted molar refractivity (Wildman–Crippen MR) is 76.1 cm³/mol. The van der Waals surface area contributed by atoms with Gasteiger partial charge < -0.3 is 10.1 Å². The average molecular weight is 274 g/mol. The van der Waals surface area contributed by atoms with Crippen LogP contribution in [-0.4, -0.2) is 31.6 Å². The number of halogens is 1. The van der Waals surface area contributed by atoms with Gasteiger partial charge in [-0.3, -0.25) is 0 Å². The summed E-state index contributed by atoms with van der Waals surface area (Å²) in [6.07, 6.45) is 0.280. The second kappa shape index (κ2) is 7.98. The summed E-state index contributed by atoms with van der Waals surface area (Å²) in [6.45, 7) is 4.84. The van der Waals surface area contributed by atoms with Crippen molar-refractivity contribution in [2.45, 2.75) is 30.9 Å². The molecule has 0 amide bonds. The molecule has 1 unspecified atom stereocenters. The Hall–Kier alpha value is -0.220. The van der Waals surface area contributed by atoms with Gasteiger partial charge in [0.25, 0.3) is 0 Å². The molecule has 0 fully saturated rings.